The Bertz CT molecular complexity index is 858. The molecule has 0 spiro atoms. The minimum atomic E-state index is 0.558. The first-order valence-corrected chi connectivity index (χ1v) is 9.12. The predicted octanol–water partition coefficient (Wildman–Crippen LogP) is 5.46. The van der Waals surface area contributed by atoms with E-state index in [4.69, 9.17) is 26.3 Å². The van der Waals surface area contributed by atoms with Crippen LogP contribution in [0.2, 0.25) is 5.02 Å². The lowest BCUT2D eigenvalue weighted by molar-refractivity contribution is 0.461. The van der Waals surface area contributed by atoms with Crippen molar-refractivity contribution in [3.63, 3.8) is 0 Å². The average Bonchev–Trinajstić information content (AvgIpc) is 2.92. The van der Waals surface area contributed by atoms with Crippen LogP contribution in [0.25, 0.3) is 11.0 Å². The van der Waals surface area contributed by atoms with E-state index >= 15 is 0 Å². The second-order valence-electron chi connectivity index (χ2n) is 6.30. The number of halogens is 1. The number of ether oxygens (including phenoxy) is 1. The number of hydrogen-bond acceptors (Lipinski definition) is 4. The van der Waals surface area contributed by atoms with Crippen molar-refractivity contribution in [3.8, 4) is 11.6 Å². The van der Waals surface area contributed by atoms with Crippen molar-refractivity contribution < 1.29 is 4.74 Å². The van der Waals surface area contributed by atoms with Crippen LogP contribution in [0.15, 0.2) is 48.5 Å². The topological polar surface area (TPSA) is 38.3 Å². The number of aromatic nitrogens is 2. The zero-order valence-electron chi connectivity index (χ0n) is 14.0. The molecule has 1 aliphatic heterocycles. The summed E-state index contributed by atoms with van der Waals surface area (Å²) < 4.78 is 6.09. The first-order chi connectivity index (χ1) is 12.3. The summed E-state index contributed by atoms with van der Waals surface area (Å²) in [5.41, 5.74) is 1.73. The quantitative estimate of drug-likeness (QED) is 0.627. The largest absolute Gasteiger partial charge is 0.436 e. The molecule has 1 aromatic heterocycles. The van der Waals surface area contributed by atoms with E-state index < -0.39 is 0 Å². The Morgan fingerprint density at radius 1 is 0.800 bits per heavy atom. The van der Waals surface area contributed by atoms with Gasteiger partial charge in [0.2, 0.25) is 0 Å². The lowest BCUT2D eigenvalue weighted by Gasteiger charge is -2.23. The smallest absolute Gasteiger partial charge is 0.263 e. The van der Waals surface area contributed by atoms with Gasteiger partial charge < -0.3 is 9.64 Å². The molecule has 25 heavy (non-hydrogen) atoms. The first-order valence-electron chi connectivity index (χ1n) is 8.75. The van der Waals surface area contributed by atoms with Crippen LogP contribution >= 0.6 is 11.6 Å². The first kappa shape index (κ1) is 16.2. The van der Waals surface area contributed by atoms with Gasteiger partial charge in [0, 0.05) is 18.1 Å². The molecule has 0 radical (unpaired) electrons. The molecular formula is C20H20ClN3O. The van der Waals surface area contributed by atoms with E-state index in [2.05, 4.69) is 4.90 Å². The van der Waals surface area contributed by atoms with Gasteiger partial charge in [0.25, 0.3) is 5.88 Å². The van der Waals surface area contributed by atoms with Crippen molar-refractivity contribution >= 4 is 28.5 Å². The fourth-order valence-electron chi connectivity index (χ4n) is 3.15. The van der Waals surface area contributed by atoms with Crippen LogP contribution in [-0.2, 0) is 0 Å². The van der Waals surface area contributed by atoms with Crippen LogP contribution in [0.1, 0.15) is 25.7 Å². The van der Waals surface area contributed by atoms with E-state index in [-0.39, 0.29) is 0 Å². The summed E-state index contributed by atoms with van der Waals surface area (Å²) in [4.78, 5) is 11.9. The summed E-state index contributed by atoms with van der Waals surface area (Å²) >= 11 is 5.97. The van der Waals surface area contributed by atoms with E-state index in [0.29, 0.717) is 16.7 Å². The Morgan fingerprint density at radius 3 is 2.12 bits per heavy atom. The Labute approximate surface area is 152 Å². The Kier molecular flexibility index (Phi) is 4.70. The van der Waals surface area contributed by atoms with Crippen LogP contribution < -0.4 is 9.64 Å². The molecule has 128 valence electrons. The molecule has 1 saturated heterocycles. The summed E-state index contributed by atoms with van der Waals surface area (Å²) in [7, 11) is 0. The molecule has 0 saturated carbocycles. The van der Waals surface area contributed by atoms with Crippen molar-refractivity contribution in [1.82, 2.24) is 9.97 Å². The lowest BCUT2D eigenvalue weighted by Crippen LogP contribution is -2.25. The molecule has 0 atom stereocenters. The number of nitrogens with zero attached hydrogens (tertiary/aromatic N) is 3. The standard InChI is InChI=1S/C20H20ClN3O/c21-15-9-11-16(12-10-15)25-20-19(24-13-5-1-2-6-14-24)22-17-7-3-4-8-18(17)23-20/h3-4,7-12H,1-2,5-6,13-14H2. The zero-order valence-corrected chi connectivity index (χ0v) is 14.7. The van der Waals surface area contributed by atoms with Crippen molar-refractivity contribution in [2.75, 3.05) is 18.0 Å². The summed E-state index contributed by atoms with van der Waals surface area (Å²) in [6.07, 6.45) is 4.89. The number of para-hydroxylation sites is 2. The fraction of sp³-hybridized carbons (Fsp3) is 0.300. The zero-order chi connectivity index (χ0) is 17.1. The number of benzene rings is 2. The van der Waals surface area contributed by atoms with E-state index in [1.807, 2.05) is 48.5 Å². The van der Waals surface area contributed by atoms with Crippen LogP contribution in [-0.4, -0.2) is 23.1 Å². The average molecular weight is 354 g/mol. The summed E-state index contributed by atoms with van der Waals surface area (Å²) in [5.74, 6) is 2.10. The van der Waals surface area contributed by atoms with Crippen LogP contribution in [0, 0.1) is 0 Å². The molecule has 2 aromatic carbocycles. The normalized spacial score (nSPS) is 15.2. The molecule has 2 heterocycles. The Morgan fingerprint density at radius 2 is 1.44 bits per heavy atom. The number of rotatable bonds is 3. The third-order valence-corrected chi connectivity index (χ3v) is 4.71. The van der Waals surface area contributed by atoms with Gasteiger partial charge in [0.05, 0.1) is 11.0 Å². The van der Waals surface area contributed by atoms with E-state index in [1.165, 1.54) is 25.7 Å². The van der Waals surface area contributed by atoms with E-state index in [0.717, 1.165) is 29.9 Å². The Balaban J connectivity index is 1.76. The number of hydrogen-bond donors (Lipinski definition) is 0. The van der Waals surface area contributed by atoms with Crippen LogP contribution in [0.3, 0.4) is 0 Å². The highest BCUT2D eigenvalue weighted by molar-refractivity contribution is 6.30. The molecule has 1 fully saturated rings. The summed E-state index contributed by atoms with van der Waals surface area (Å²) in [5, 5.41) is 0.685. The molecule has 0 N–H and O–H groups in total. The maximum Gasteiger partial charge on any atom is 0.263 e. The maximum absolute atomic E-state index is 6.09. The molecule has 0 amide bonds. The minimum Gasteiger partial charge on any atom is -0.436 e. The van der Waals surface area contributed by atoms with Gasteiger partial charge in [-0.2, -0.15) is 0 Å². The SMILES string of the molecule is Clc1ccc(Oc2nc3ccccc3nc2N2CCCCCC2)cc1. The molecule has 0 bridgehead atoms. The number of anilines is 1. The monoisotopic (exact) mass is 353 g/mol. The molecular weight excluding hydrogens is 334 g/mol. The Hall–Kier alpha value is -2.33. The second-order valence-corrected chi connectivity index (χ2v) is 6.73. The lowest BCUT2D eigenvalue weighted by atomic mass is 10.2. The fourth-order valence-corrected chi connectivity index (χ4v) is 3.27. The molecule has 4 nitrogen and oxygen atoms in total. The van der Waals surface area contributed by atoms with Gasteiger partial charge in [-0.05, 0) is 49.2 Å². The van der Waals surface area contributed by atoms with Crippen molar-refractivity contribution in [1.29, 1.82) is 0 Å². The maximum atomic E-state index is 6.09. The number of fused-ring (bicyclic) bond motifs is 1. The van der Waals surface area contributed by atoms with Crippen molar-refractivity contribution in [3.05, 3.63) is 53.6 Å². The van der Waals surface area contributed by atoms with Gasteiger partial charge in [0.1, 0.15) is 5.75 Å². The van der Waals surface area contributed by atoms with Crippen molar-refractivity contribution in [2.24, 2.45) is 0 Å². The minimum absolute atomic E-state index is 0.558. The third-order valence-electron chi connectivity index (χ3n) is 4.46. The van der Waals surface area contributed by atoms with Gasteiger partial charge in [-0.15, -0.1) is 0 Å². The highest BCUT2D eigenvalue weighted by Crippen LogP contribution is 2.32. The molecule has 4 rings (SSSR count). The van der Waals surface area contributed by atoms with E-state index in [1.54, 1.807) is 0 Å². The highest BCUT2D eigenvalue weighted by atomic mass is 35.5. The highest BCUT2D eigenvalue weighted by Gasteiger charge is 2.19. The summed E-state index contributed by atoms with van der Waals surface area (Å²) in [6.45, 7) is 1.98. The van der Waals surface area contributed by atoms with Crippen LogP contribution in [0.5, 0.6) is 11.6 Å². The van der Waals surface area contributed by atoms with Gasteiger partial charge in [-0.25, -0.2) is 9.97 Å². The second kappa shape index (κ2) is 7.28. The van der Waals surface area contributed by atoms with Gasteiger partial charge in [-0.3, -0.25) is 0 Å². The van der Waals surface area contributed by atoms with Crippen molar-refractivity contribution in [2.45, 2.75) is 25.7 Å². The van der Waals surface area contributed by atoms with Gasteiger partial charge >= 0.3 is 0 Å². The molecule has 3 aromatic rings. The third kappa shape index (κ3) is 3.69. The predicted molar refractivity (Wildman–Crippen MR) is 102 cm³/mol. The molecule has 0 unspecified atom stereocenters. The summed E-state index contributed by atoms with van der Waals surface area (Å²) in [6, 6.07) is 15.3. The van der Waals surface area contributed by atoms with Gasteiger partial charge in [0.15, 0.2) is 5.82 Å². The van der Waals surface area contributed by atoms with Gasteiger partial charge in [-0.1, -0.05) is 36.6 Å². The molecule has 1 aliphatic rings. The van der Waals surface area contributed by atoms with E-state index in [9.17, 15) is 0 Å². The molecule has 5 heteroatoms. The molecule has 0 aliphatic carbocycles. The van der Waals surface area contributed by atoms with Crippen LogP contribution in [0.4, 0.5) is 5.82 Å².